The number of para-hydroxylation sites is 1. The number of rotatable bonds is 5. The van der Waals surface area contributed by atoms with Crippen LogP contribution in [0.1, 0.15) is 15.2 Å². The second-order valence-corrected chi connectivity index (χ2v) is 6.98. The van der Waals surface area contributed by atoms with Gasteiger partial charge in [0.1, 0.15) is 5.82 Å². The van der Waals surface area contributed by atoms with Gasteiger partial charge in [0.25, 0.3) is 5.91 Å². The van der Waals surface area contributed by atoms with Gasteiger partial charge in [0.2, 0.25) is 0 Å². The molecule has 1 aromatic heterocycles. The highest BCUT2D eigenvalue weighted by Gasteiger charge is 2.15. The van der Waals surface area contributed by atoms with Gasteiger partial charge in [0.05, 0.1) is 9.88 Å². The van der Waals surface area contributed by atoms with Crippen LogP contribution in [-0.2, 0) is 6.54 Å². The van der Waals surface area contributed by atoms with E-state index in [1.807, 2.05) is 18.2 Å². The summed E-state index contributed by atoms with van der Waals surface area (Å²) < 4.78 is 13.0. The van der Waals surface area contributed by atoms with E-state index in [-0.39, 0.29) is 17.8 Å². The molecule has 3 rings (SSSR count). The Kier molecular flexibility index (Phi) is 5.83. The average Bonchev–Trinajstić information content (AvgIpc) is 3.12. The van der Waals surface area contributed by atoms with E-state index in [1.165, 1.54) is 23.5 Å². The molecule has 5 nitrogen and oxygen atoms in total. The summed E-state index contributed by atoms with van der Waals surface area (Å²) in [5.41, 5.74) is 1.52. The lowest BCUT2D eigenvalue weighted by Crippen LogP contribution is -2.25. The van der Waals surface area contributed by atoms with Gasteiger partial charge >= 0.3 is 6.03 Å². The van der Waals surface area contributed by atoms with E-state index in [2.05, 4.69) is 10.6 Å². The Balaban J connectivity index is 1.58. The first-order valence-electron chi connectivity index (χ1n) is 8.24. The molecule has 0 saturated carbocycles. The Labute approximate surface area is 160 Å². The molecule has 0 aliphatic carbocycles. The van der Waals surface area contributed by atoms with E-state index in [9.17, 15) is 14.0 Å². The maximum absolute atomic E-state index is 13.0. The molecule has 1 heterocycles. The third-order valence-corrected chi connectivity index (χ3v) is 4.75. The monoisotopic (exact) mass is 383 g/mol. The summed E-state index contributed by atoms with van der Waals surface area (Å²) in [6.07, 6.45) is 0. The molecule has 7 heteroatoms. The third-order valence-electron chi connectivity index (χ3n) is 3.76. The fraction of sp³-hybridized carbons (Fsp3) is 0.100. The van der Waals surface area contributed by atoms with Crippen LogP contribution in [0.15, 0.2) is 66.7 Å². The van der Waals surface area contributed by atoms with Gasteiger partial charge < -0.3 is 10.2 Å². The number of nitrogens with zero attached hydrogens (tertiary/aromatic N) is 1. The van der Waals surface area contributed by atoms with Crippen molar-refractivity contribution in [3.05, 3.63) is 83.0 Å². The van der Waals surface area contributed by atoms with Gasteiger partial charge in [-0.1, -0.05) is 30.3 Å². The molecule has 3 amide bonds. The van der Waals surface area contributed by atoms with Crippen LogP contribution < -0.4 is 10.6 Å². The van der Waals surface area contributed by atoms with Gasteiger partial charge in [-0.3, -0.25) is 10.1 Å². The van der Waals surface area contributed by atoms with Crippen LogP contribution in [0.4, 0.5) is 19.9 Å². The van der Waals surface area contributed by atoms with Crippen molar-refractivity contribution in [1.82, 2.24) is 4.90 Å². The van der Waals surface area contributed by atoms with Crippen LogP contribution >= 0.6 is 11.3 Å². The maximum Gasteiger partial charge on any atom is 0.324 e. The van der Waals surface area contributed by atoms with Gasteiger partial charge in [0.15, 0.2) is 0 Å². The number of halogens is 1. The lowest BCUT2D eigenvalue weighted by atomic mass is 10.2. The van der Waals surface area contributed by atoms with E-state index >= 15 is 0 Å². The van der Waals surface area contributed by atoms with Crippen LogP contribution in [0.3, 0.4) is 0 Å². The first-order chi connectivity index (χ1) is 13.0. The number of hydrogen-bond acceptors (Lipinski definition) is 3. The van der Waals surface area contributed by atoms with Crippen LogP contribution in [0.2, 0.25) is 0 Å². The molecule has 0 atom stereocenters. The number of carbonyl (C=O) groups is 2. The van der Waals surface area contributed by atoms with Crippen molar-refractivity contribution < 1.29 is 14.0 Å². The summed E-state index contributed by atoms with van der Waals surface area (Å²) in [6, 6.07) is 18.1. The smallest absolute Gasteiger partial charge is 0.324 e. The number of thiophene rings is 1. The molecule has 0 radical (unpaired) electrons. The molecular weight excluding hydrogens is 365 g/mol. The fourth-order valence-electron chi connectivity index (χ4n) is 2.44. The predicted octanol–water partition coefficient (Wildman–Crippen LogP) is 4.80. The predicted molar refractivity (Wildman–Crippen MR) is 106 cm³/mol. The van der Waals surface area contributed by atoms with Gasteiger partial charge in [0, 0.05) is 19.3 Å². The molecule has 2 N–H and O–H groups in total. The number of amides is 3. The zero-order valence-electron chi connectivity index (χ0n) is 14.6. The lowest BCUT2D eigenvalue weighted by molar-refractivity contribution is 0.0790. The quantitative estimate of drug-likeness (QED) is 0.665. The number of carbonyl (C=O) groups excluding carboxylic acids is 2. The molecule has 138 valence electrons. The largest absolute Gasteiger partial charge is 0.337 e. The van der Waals surface area contributed by atoms with Crippen molar-refractivity contribution in [2.24, 2.45) is 0 Å². The Morgan fingerprint density at radius 2 is 1.67 bits per heavy atom. The highest BCUT2D eigenvalue weighted by Crippen LogP contribution is 2.24. The Morgan fingerprint density at radius 1 is 0.963 bits per heavy atom. The number of urea groups is 1. The van der Waals surface area contributed by atoms with Gasteiger partial charge in [-0.05, 0) is 42.0 Å². The van der Waals surface area contributed by atoms with Crippen molar-refractivity contribution in [3.8, 4) is 0 Å². The van der Waals surface area contributed by atoms with Gasteiger partial charge in [-0.15, -0.1) is 11.3 Å². The van der Waals surface area contributed by atoms with E-state index in [0.29, 0.717) is 22.1 Å². The number of benzene rings is 2. The van der Waals surface area contributed by atoms with E-state index in [0.717, 1.165) is 5.56 Å². The second kappa shape index (κ2) is 8.46. The summed E-state index contributed by atoms with van der Waals surface area (Å²) in [5.74, 6) is -0.476. The highest BCUT2D eigenvalue weighted by molar-refractivity contribution is 7.18. The first-order valence-corrected chi connectivity index (χ1v) is 9.06. The normalized spacial score (nSPS) is 10.3. The van der Waals surface area contributed by atoms with Gasteiger partial charge in [-0.2, -0.15) is 0 Å². The molecule has 0 fully saturated rings. The van der Waals surface area contributed by atoms with Crippen molar-refractivity contribution in [2.45, 2.75) is 6.54 Å². The second-order valence-electron chi connectivity index (χ2n) is 5.90. The Bertz CT molecular complexity index is 926. The minimum absolute atomic E-state index is 0.166. The summed E-state index contributed by atoms with van der Waals surface area (Å²) in [6.45, 7) is 0.369. The SMILES string of the molecule is CN(Cc1ccc(F)cc1)C(=O)c1ccc(NC(=O)Nc2ccccc2)s1. The summed E-state index contributed by atoms with van der Waals surface area (Å²) in [7, 11) is 1.68. The molecule has 0 aliphatic rings. The molecule has 0 bridgehead atoms. The van der Waals surface area contributed by atoms with Crippen LogP contribution in [0, 0.1) is 5.82 Å². The molecule has 27 heavy (non-hydrogen) atoms. The Hall–Kier alpha value is -3.19. The number of nitrogens with one attached hydrogen (secondary N) is 2. The van der Waals surface area contributed by atoms with Crippen molar-refractivity contribution in [3.63, 3.8) is 0 Å². The van der Waals surface area contributed by atoms with Crippen molar-refractivity contribution in [1.29, 1.82) is 0 Å². The van der Waals surface area contributed by atoms with E-state index in [4.69, 9.17) is 0 Å². The minimum Gasteiger partial charge on any atom is -0.337 e. The molecule has 0 unspecified atom stereocenters. The standard InChI is InChI=1S/C20H18FN3O2S/c1-24(13-14-7-9-15(21)10-8-14)19(25)17-11-12-18(27-17)23-20(26)22-16-5-3-2-4-6-16/h2-12H,13H2,1H3,(H2,22,23,26). The maximum atomic E-state index is 13.0. The van der Waals surface area contributed by atoms with Crippen LogP contribution in [0.25, 0.3) is 0 Å². The Morgan fingerprint density at radius 3 is 2.37 bits per heavy atom. The van der Waals surface area contributed by atoms with Crippen molar-refractivity contribution >= 4 is 34.0 Å². The minimum atomic E-state index is -0.373. The highest BCUT2D eigenvalue weighted by atomic mass is 32.1. The number of anilines is 2. The average molecular weight is 383 g/mol. The van der Waals surface area contributed by atoms with Crippen LogP contribution in [0.5, 0.6) is 0 Å². The van der Waals surface area contributed by atoms with E-state index in [1.54, 1.807) is 48.3 Å². The fourth-order valence-corrected chi connectivity index (χ4v) is 3.34. The molecule has 3 aromatic rings. The van der Waals surface area contributed by atoms with Gasteiger partial charge in [-0.25, -0.2) is 9.18 Å². The zero-order chi connectivity index (χ0) is 19.2. The van der Waals surface area contributed by atoms with Crippen LogP contribution in [-0.4, -0.2) is 23.9 Å². The molecule has 0 aliphatic heterocycles. The molecular formula is C20H18FN3O2S. The molecule has 0 spiro atoms. The summed E-state index contributed by atoms with van der Waals surface area (Å²) in [5, 5.41) is 6.01. The lowest BCUT2D eigenvalue weighted by Gasteiger charge is -2.16. The van der Waals surface area contributed by atoms with E-state index < -0.39 is 0 Å². The summed E-state index contributed by atoms with van der Waals surface area (Å²) in [4.78, 5) is 26.6. The third kappa shape index (κ3) is 5.15. The first kappa shape index (κ1) is 18.6. The zero-order valence-corrected chi connectivity index (χ0v) is 15.4. The van der Waals surface area contributed by atoms with Crippen molar-refractivity contribution in [2.75, 3.05) is 17.7 Å². The summed E-state index contributed by atoms with van der Waals surface area (Å²) >= 11 is 1.20. The number of hydrogen-bond donors (Lipinski definition) is 2. The molecule has 2 aromatic carbocycles. The molecule has 0 saturated heterocycles. The topological polar surface area (TPSA) is 61.4 Å².